The fraction of sp³-hybridized carbons (Fsp3) is 0.167. The van der Waals surface area contributed by atoms with Crippen LogP contribution in [-0.4, -0.2) is 38.0 Å². The summed E-state index contributed by atoms with van der Waals surface area (Å²) in [5.41, 5.74) is 1.74. The number of carbonyl (C=O) groups excluding carboxylic acids is 1. The summed E-state index contributed by atoms with van der Waals surface area (Å²) in [7, 11) is -2.32. The summed E-state index contributed by atoms with van der Waals surface area (Å²) in [5.74, 6) is 0.816. The van der Waals surface area contributed by atoms with E-state index in [-0.39, 0.29) is 15.3 Å². The van der Waals surface area contributed by atoms with Crippen LogP contribution in [0.4, 0.5) is 0 Å². The second-order valence-electron chi connectivity index (χ2n) is 7.13. The molecule has 0 radical (unpaired) electrons. The molecule has 0 saturated carbocycles. The second kappa shape index (κ2) is 10.5. The lowest BCUT2D eigenvalue weighted by Crippen LogP contribution is -2.29. The van der Waals surface area contributed by atoms with Crippen LogP contribution in [-0.2, 0) is 21.4 Å². The molecule has 7 nitrogen and oxygen atoms in total. The number of amidine groups is 1. The Morgan fingerprint density at radius 1 is 1.06 bits per heavy atom. The number of methoxy groups -OCH3 is 1. The van der Waals surface area contributed by atoms with Crippen molar-refractivity contribution in [1.29, 1.82) is 0 Å². The molecule has 10 heteroatoms. The smallest absolute Gasteiger partial charge is 0.294 e. The van der Waals surface area contributed by atoms with Crippen molar-refractivity contribution in [3.8, 4) is 11.5 Å². The van der Waals surface area contributed by atoms with Crippen LogP contribution in [0.5, 0.6) is 11.5 Å². The van der Waals surface area contributed by atoms with Crippen LogP contribution in [0.2, 0.25) is 0 Å². The summed E-state index contributed by atoms with van der Waals surface area (Å²) in [6.45, 7) is 2.44. The van der Waals surface area contributed by atoms with Crippen LogP contribution in [0.15, 0.2) is 79.6 Å². The summed E-state index contributed by atoms with van der Waals surface area (Å²) in [5, 5.41) is 1.81. The predicted molar refractivity (Wildman–Crippen MR) is 136 cm³/mol. The topological polar surface area (TPSA) is 85.3 Å². The van der Waals surface area contributed by atoms with Crippen LogP contribution in [0.3, 0.4) is 0 Å². The highest BCUT2D eigenvalue weighted by molar-refractivity contribution is 8.19. The van der Waals surface area contributed by atoms with Crippen molar-refractivity contribution in [3.05, 3.63) is 82.1 Å². The Labute approximate surface area is 206 Å². The van der Waals surface area contributed by atoms with Gasteiger partial charge in [-0.3, -0.25) is 9.69 Å². The number of likely N-dealkylation sites (N-methyl/N-ethyl adjacent to an activating group) is 1. The molecule has 4 rings (SSSR count). The maximum absolute atomic E-state index is 13.0. The molecular formula is C24H22N2O5S3. The Morgan fingerprint density at radius 3 is 2.53 bits per heavy atom. The van der Waals surface area contributed by atoms with Gasteiger partial charge in [-0.1, -0.05) is 42.5 Å². The molecule has 1 aromatic heterocycles. The Balaban J connectivity index is 1.60. The first-order valence-electron chi connectivity index (χ1n) is 10.4. The zero-order valence-electron chi connectivity index (χ0n) is 18.5. The van der Waals surface area contributed by atoms with E-state index < -0.39 is 10.0 Å². The van der Waals surface area contributed by atoms with Crippen molar-refractivity contribution in [1.82, 2.24) is 4.90 Å². The first-order chi connectivity index (χ1) is 16.4. The average molecular weight is 515 g/mol. The van der Waals surface area contributed by atoms with Gasteiger partial charge >= 0.3 is 0 Å². The van der Waals surface area contributed by atoms with Gasteiger partial charge in [0, 0.05) is 6.54 Å². The third-order valence-electron chi connectivity index (χ3n) is 4.87. The number of nitrogens with zero attached hydrogens (tertiary/aromatic N) is 2. The fourth-order valence-electron chi connectivity index (χ4n) is 3.20. The summed E-state index contributed by atoms with van der Waals surface area (Å²) in [6.07, 6.45) is 1.70. The zero-order chi connectivity index (χ0) is 24.1. The van der Waals surface area contributed by atoms with Crippen LogP contribution < -0.4 is 9.47 Å². The van der Waals surface area contributed by atoms with Gasteiger partial charge < -0.3 is 9.47 Å². The van der Waals surface area contributed by atoms with Gasteiger partial charge in [0.15, 0.2) is 16.7 Å². The van der Waals surface area contributed by atoms with E-state index in [2.05, 4.69) is 4.40 Å². The largest absolute Gasteiger partial charge is 0.493 e. The van der Waals surface area contributed by atoms with Gasteiger partial charge in [-0.2, -0.15) is 8.42 Å². The van der Waals surface area contributed by atoms with Gasteiger partial charge in [0.1, 0.15) is 10.8 Å². The molecule has 0 atom stereocenters. The maximum Gasteiger partial charge on any atom is 0.294 e. The molecule has 2 aromatic carbocycles. The highest BCUT2D eigenvalue weighted by atomic mass is 32.2. The summed E-state index contributed by atoms with van der Waals surface area (Å²) >= 11 is 2.12. The van der Waals surface area contributed by atoms with Crippen molar-refractivity contribution in [2.24, 2.45) is 4.40 Å². The van der Waals surface area contributed by atoms with Crippen LogP contribution in [0.1, 0.15) is 18.1 Å². The highest BCUT2D eigenvalue weighted by Crippen LogP contribution is 2.36. The molecule has 0 bridgehead atoms. The summed E-state index contributed by atoms with van der Waals surface area (Å²) in [4.78, 5) is 14.7. The number of hydrogen-bond acceptors (Lipinski definition) is 7. The molecule has 0 aliphatic carbocycles. The zero-order valence-corrected chi connectivity index (χ0v) is 21.0. The molecule has 34 heavy (non-hydrogen) atoms. The van der Waals surface area contributed by atoms with E-state index in [0.717, 1.165) is 34.2 Å². The standard InChI is InChI=1S/C24H22N2O5S3/c1-3-26-23(27)21(33-24(26)25-34(28,29)22-10-7-13-32-22)15-18-11-12-19(30-2)20(14-18)31-16-17-8-5-4-6-9-17/h4-15H,3,16H2,1-2H3/b21-15-,25-24+. The number of sulfonamides is 1. The predicted octanol–water partition coefficient (Wildman–Crippen LogP) is 5.02. The molecule has 176 valence electrons. The molecule has 0 unspecified atom stereocenters. The van der Waals surface area contributed by atoms with E-state index >= 15 is 0 Å². The monoisotopic (exact) mass is 514 g/mol. The maximum atomic E-state index is 13.0. The molecule has 0 spiro atoms. The highest BCUT2D eigenvalue weighted by Gasteiger charge is 2.34. The Kier molecular flexibility index (Phi) is 7.40. The van der Waals surface area contributed by atoms with Gasteiger partial charge in [-0.25, -0.2) is 0 Å². The minimum absolute atomic E-state index is 0.136. The Hall–Kier alpha value is -3.08. The van der Waals surface area contributed by atoms with E-state index in [4.69, 9.17) is 9.47 Å². The molecule has 1 aliphatic rings. The number of thiophene rings is 1. The minimum Gasteiger partial charge on any atom is -0.493 e. The van der Waals surface area contributed by atoms with Crippen molar-refractivity contribution >= 4 is 50.3 Å². The molecule has 1 amide bonds. The Bertz CT molecular complexity index is 1330. The fourth-order valence-corrected chi connectivity index (χ4v) is 6.41. The molecule has 1 fully saturated rings. The molecule has 2 heterocycles. The minimum atomic E-state index is -3.88. The van der Waals surface area contributed by atoms with Crippen LogP contribution in [0, 0.1) is 0 Å². The quantitative estimate of drug-likeness (QED) is 0.393. The second-order valence-corrected chi connectivity index (χ2v) is 10.9. The number of hydrogen-bond donors (Lipinski definition) is 0. The SMILES string of the molecule is CCN1C(=O)/C(=C/c2ccc(OC)c(OCc3ccccc3)c2)S/C1=N/S(=O)(=O)c1cccs1. The summed E-state index contributed by atoms with van der Waals surface area (Å²) < 4.78 is 40.7. The van der Waals surface area contributed by atoms with Gasteiger partial charge in [0.2, 0.25) is 0 Å². The number of thioether (sulfide) groups is 1. The van der Waals surface area contributed by atoms with E-state index in [1.165, 1.54) is 11.0 Å². The molecule has 1 saturated heterocycles. The molecule has 0 N–H and O–H groups in total. The molecular weight excluding hydrogens is 492 g/mol. The van der Waals surface area contributed by atoms with Crippen molar-refractivity contribution < 1.29 is 22.7 Å². The lowest BCUT2D eigenvalue weighted by atomic mass is 10.1. The number of carbonyl (C=O) groups is 1. The first kappa shape index (κ1) is 24.1. The molecule has 1 aliphatic heterocycles. The third-order valence-corrected chi connectivity index (χ3v) is 8.64. The number of ether oxygens (including phenoxy) is 2. The lowest BCUT2D eigenvalue weighted by Gasteiger charge is -2.12. The van der Waals surface area contributed by atoms with Gasteiger partial charge in [0.05, 0.1) is 12.0 Å². The number of rotatable bonds is 8. The van der Waals surface area contributed by atoms with Crippen LogP contribution >= 0.6 is 23.1 Å². The average Bonchev–Trinajstić information content (AvgIpc) is 3.48. The van der Waals surface area contributed by atoms with Crippen molar-refractivity contribution in [2.45, 2.75) is 17.7 Å². The molecule has 3 aromatic rings. The van der Waals surface area contributed by atoms with Crippen LogP contribution in [0.25, 0.3) is 6.08 Å². The number of benzene rings is 2. The summed E-state index contributed by atoms with van der Waals surface area (Å²) in [6, 6.07) is 18.3. The van der Waals surface area contributed by atoms with Crippen molar-refractivity contribution in [3.63, 3.8) is 0 Å². The van der Waals surface area contributed by atoms with Gasteiger partial charge in [-0.05, 0) is 59.5 Å². The number of amides is 1. The first-order valence-corrected chi connectivity index (χ1v) is 13.5. The van der Waals surface area contributed by atoms with Gasteiger partial charge in [-0.15, -0.1) is 15.7 Å². The normalized spacial score (nSPS) is 16.4. The van der Waals surface area contributed by atoms with E-state index in [9.17, 15) is 13.2 Å². The lowest BCUT2D eigenvalue weighted by molar-refractivity contribution is -0.122. The van der Waals surface area contributed by atoms with E-state index in [1.54, 1.807) is 43.7 Å². The van der Waals surface area contributed by atoms with E-state index in [0.29, 0.717) is 29.6 Å². The van der Waals surface area contributed by atoms with Gasteiger partial charge in [0.25, 0.3) is 15.9 Å². The van der Waals surface area contributed by atoms with E-state index in [1.807, 2.05) is 36.4 Å². The Morgan fingerprint density at radius 2 is 1.85 bits per heavy atom. The van der Waals surface area contributed by atoms with Crippen molar-refractivity contribution in [2.75, 3.05) is 13.7 Å². The third kappa shape index (κ3) is 5.35.